The third-order valence-electron chi connectivity index (χ3n) is 3.66. The lowest BCUT2D eigenvalue weighted by molar-refractivity contribution is -0.128. The van der Waals surface area contributed by atoms with Gasteiger partial charge in [-0.25, -0.2) is 0 Å². The molecule has 1 amide bonds. The summed E-state index contributed by atoms with van der Waals surface area (Å²) in [5, 5.41) is 0. The summed E-state index contributed by atoms with van der Waals surface area (Å²) >= 11 is 0. The van der Waals surface area contributed by atoms with Crippen LogP contribution in [0.25, 0.3) is 0 Å². The molecular formula is C15H23NO. The van der Waals surface area contributed by atoms with Crippen molar-refractivity contribution >= 4 is 5.91 Å². The molecule has 2 aliphatic carbocycles. The average Bonchev–Trinajstić information content (AvgIpc) is 3.13. The van der Waals surface area contributed by atoms with Crippen molar-refractivity contribution in [2.24, 2.45) is 11.8 Å². The van der Waals surface area contributed by atoms with Gasteiger partial charge in [0.25, 0.3) is 0 Å². The fraction of sp³-hybridized carbons (Fsp3) is 0.667. The Morgan fingerprint density at radius 3 is 2.76 bits per heavy atom. The molecule has 0 saturated heterocycles. The Bertz CT molecular complexity index is 315. The fourth-order valence-electron chi connectivity index (χ4n) is 2.32. The van der Waals surface area contributed by atoms with Crippen LogP contribution in [-0.2, 0) is 4.79 Å². The van der Waals surface area contributed by atoms with Crippen LogP contribution in [0.4, 0.5) is 0 Å². The maximum atomic E-state index is 11.5. The first-order valence-electron chi connectivity index (χ1n) is 6.83. The van der Waals surface area contributed by atoms with Crippen LogP contribution in [0, 0.1) is 11.8 Å². The second-order valence-corrected chi connectivity index (χ2v) is 5.34. The van der Waals surface area contributed by atoms with Crippen LogP contribution in [0.3, 0.4) is 0 Å². The molecule has 0 spiro atoms. The van der Waals surface area contributed by atoms with Crippen LogP contribution in [0.5, 0.6) is 0 Å². The molecule has 0 bridgehead atoms. The highest BCUT2D eigenvalue weighted by atomic mass is 16.2. The lowest BCUT2D eigenvalue weighted by Crippen LogP contribution is -2.30. The minimum absolute atomic E-state index is 0.213. The first kappa shape index (κ1) is 12.4. The van der Waals surface area contributed by atoms with E-state index in [1.165, 1.54) is 32.1 Å². The molecule has 2 heteroatoms. The maximum Gasteiger partial charge on any atom is 0.219 e. The number of amides is 1. The van der Waals surface area contributed by atoms with E-state index >= 15 is 0 Å². The molecule has 0 aromatic rings. The highest BCUT2D eigenvalue weighted by molar-refractivity contribution is 5.73. The second kappa shape index (κ2) is 6.04. The van der Waals surface area contributed by atoms with Crippen molar-refractivity contribution < 1.29 is 4.79 Å². The predicted octanol–water partition coefficient (Wildman–Crippen LogP) is 3.16. The number of carbonyl (C=O) groups excluding carboxylic acids is 1. The molecule has 0 N–H and O–H groups in total. The van der Waals surface area contributed by atoms with Crippen LogP contribution in [0.2, 0.25) is 0 Å². The molecule has 0 aromatic carbocycles. The van der Waals surface area contributed by atoms with Gasteiger partial charge in [-0.05, 0) is 43.9 Å². The largest absolute Gasteiger partial charge is 0.339 e. The number of hydrogen-bond donors (Lipinski definition) is 0. The Labute approximate surface area is 104 Å². The summed E-state index contributed by atoms with van der Waals surface area (Å²) in [4.78, 5) is 13.4. The van der Waals surface area contributed by atoms with E-state index in [1.807, 2.05) is 4.90 Å². The monoisotopic (exact) mass is 233 g/mol. The summed E-state index contributed by atoms with van der Waals surface area (Å²) < 4.78 is 0. The second-order valence-electron chi connectivity index (χ2n) is 5.34. The van der Waals surface area contributed by atoms with E-state index in [2.05, 4.69) is 24.3 Å². The van der Waals surface area contributed by atoms with Crippen molar-refractivity contribution in [1.82, 2.24) is 4.90 Å². The zero-order valence-corrected chi connectivity index (χ0v) is 10.8. The van der Waals surface area contributed by atoms with Crippen molar-refractivity contribution in [1.29, 1.82) is 0 Å². The number of carbonyl (C=O) groups is 1. The number of rotatable bonds is 5. The molecule has 1 unspecified atom stereocenters. The van der Waals surface area contributed by atoms with Gasteiger partial charge in [-0.2, -0.15) is 0 Å². The predicted molar refractivity (Wildman–Crippen MR) is 70.6 cm³/mol. The Kier molecular flexibility index (Phi) is 4.41. The molecule has 0 heterocycles. The maximum absolute atomic E-state index is 11.5. The molecule has 1 fully saturated rings. The highest BCUT2D eigenvalue weighted by Crippen LogP contribution is 2.29. The summed E-state index contributed by atoms with van der Waals surface area (Å²) in [6.07, 6.45) is 15.3. The van der Waals surface area contributed by atoms with Gasteiger partial charge in [0.1, 0.15) is 0 Å². The van der Waals surface area contributed by atoms with Crippen molar-refractivity contribution in [3.8, 4) is 0 Å². The van der Waals surface area contributed by atoms with Crippen LogP contribution >= 0.6 is 0 Å². The quantitative estimate of drug-likeness (QED) is 0.668. The summed E-state index contributed by atoms with van der Waals surface area (Å²) in [7, 11) is 0. The van der Waals surface area contributed by atoms with Crippen molar-refractivity contribution in [2.75, 3.05) is 13.1 Å². The molecule has 17 heavy (non-hydrogen) atoms. The van der Waals surface area contributed by atoms with E-state index in [0.29, 0.717) is 5.92 Å². The Morgan fingerprint density at radius 1 is 1.35 bits per heavy atom. The van der Waals surface area contributed by atoms with Gasteiger partial charge in [-0.3, -0.25) is 4.79 Å². The van der Waals surface area contributed by atoms with E-state index in [9.17, 15) is 4.79 Å². The number of allylic oxidation sites excluding steroid dienone is 3. The van der Waals surface area contributed by atoms with E-state index in [0.717, 1.165) is 19.0 Å². The van der Waals surface area contributed by atoms with Crippen LogP contribution < -0.4 is 0 Å². The third-order valence-corrected chi connectivity index (χ3v) is 3.66. The van der Waals surface area contributed by atoms with Gasteiger partial charge >= 0.3 is 0 Å². The van der Waals surface area contributed by atoms with Crippen LogP contribution in [0.1, 0.15) is 39.0 Å². The van der Waals surface area contributed by atoms with Crippen molar-refractivity contribution in [3.63, 3.8) is 0 Å². The minimum atomic E-state index is 0.213. The van der Waals surface area contributed by atoms with Crippen LogP contribution in [-0.4, -0.2) is 23.9 Å². The topological polar surface area (TPSA) is 20.3 Å². The standard InChI is InChI=1S/C15H23NO/c1-13(17)16(12-15-9-10-15)11-5-8-14-6-3-2-4-7-14/h2-3,5,8,14-15H,4,6-7,9-12H2,1H3/b8-5-. The summed E-state index contributed by atoms with van der Waals surface area (Å²) in [5.41, 5.74) is 0. The Balaban J connectivity index is 1.75. The zero-order chi connectivity index (χ0) is 12.1. The Hall–Kier alpha value is -1.05. The van der Waals surface area contributed by atoms with Gasteiger partial charge in [0.05, 0.1) is 0 Å². The molecule has 2 aliphatic rings. The lowest BCUT2D eigenvalue weighted by Gasteiger charge is -2.19. The Morgan fingerprint density at radius 2 is 2.18 bits per heavy atom. The molecule has 0 aromatic heterocycles. The molecule has 0 aliphatic heterocycles. The normalized spacial score (nSPS) is 24.2. The van der Waals surface area contributed by atoms with E-state index in [4.69, 9.17) is 0 Å². The first-order valence-corrected chi connectivity index (χ1v) is 6.83. The SMILES string of the molecule is CC(=O)N(C/C=C\C1CC=CCC1)CC1CC1. The first-order chi connectivity index (χ1) is 8.25. The number of nitrogens with zero attached hydrogens (tertiary/aromatic N) is 1. The summed E-state index contributed by atoms with van der Waals surface area (Å²) in [6.45, 7) is 3.44. The van der Waals surface area contributed by atoms with Crippen molar-refractivity contribution in [2.45, 2.75) is 39.0 Å². The van der Waals surface area contributed by atoms with Gasteiger partial charge in [0.2, 0.25) is 5.91 Å². The highest BCUT2D eigenvalue weighted by Gasteiger charge is 2.24. The van der Waals surface area contributed by atoms with Crippen LogP contribution in [0.15, 0.2) is 24.3 Å². The molecule has 1 atom stereocenters. The average molecular weight is 233 g/mol. The zero-order valence-electron chi connectivity index (χ0n) is 10.8. The number of hydrogen-bond acceptors (Lipinski definition) is 1. The van der Waals surface area contributed by atoms with Gasteiger partial charge in [-0.1, -0.05) is 24.3 Å². The molecule has 94 valence electrons. The summed E-state index contributed by atoms with van der Waals surface area (Å²) in [6, 6.07) is 0. The molecule has 2 rings (SSSR count). The van der Waals surface area contributed by atoms with Gasteiger partial charge < -0.3 is 4.90 Å². The van der Waals surface area contributed by atoms with Gasteiger partial charge in [0, 0.05) is 20.0 Å². The van der Waals surface area contributed by atoms with E-state index in [-0.39, 0.29) is 5.91 Å². The molecule has 2 nitrogen and oxygen atoms in total. The molecule has 1 saturated carbocycles. The summed E-state index contributed by atoms with van der Waals surface area (Å²) in [5.74, 6) is 1.68. The lowest BCUT2D eigenvalue weighted by atomic mass is 9.94. The fourth-order valence-corrected chi connectivity index (χ4v) is 2.32. The van der Waals surface area contributed by atoms with E-state index in [1.54, 1.807) is 6.92 Å². The smallest absolute Gasteiger partial charge is 0.219 e. The van der Waals surface area contributed by atoms with Crippen molar-refractivity contribution in [3.05, 3.63) is 24.3 Å². The minimum Gasteiger partial charge on any atom is -0.339 e. The van der Waals surface area contributed by atoms with Gasteiger partial charge in [0.15, 0.2) is 0 Å². The molecular weight excluding hydrogens is 210 g/mol. The molecule has 0 radical (unpaired) electrons. The van der Waals surface area contributed by atoms with E-state index < -0.39 is 0 Å². The third kappa shape index (κ3) is 4.37. The van der Waals surface area contributed by atoms with Gasteiger partial charge in [-0.15, -0.1) is 0 Å².